The fourth-order valence-corrected chi connectivity index (χ4v) is 2.77. The van der Waals surface area contributed by atoms with E-state index in [9.17, 15) is 8.42 Å². The SMILES string of the molecule is CN(C)S(=O)(=O)c1ccccc1Oc1ccc(CN)cc1. The molecule has 112 valence electrons. The molecule has 0 fully saturated rings. The van der Waals surface area contributed by atoms with Gasteiger partial charge >= 0.3 is 0 Å². The first-order valence-corrected chi connectivity index (χ1v) is 7.87. The van der Waals surface area contributed by atoms with Gasteiger partial charge < -0.3 is 10.5 Å². The van der Waals surface area contributed by atoms with Crippen LogP contribution in [0.4, 0.5) is 0 Å². The molecule has 0 saturated heterocycles. The summed E-state index contributed by atoms with van der Waals surface area (Å²) in [5.74, 6) is 0.861. The Kier molecular flexibility index (Phi) is 4.62. The molecule has 2 aromatic carbocycles. The van der Waals surface area contributed by atoms with Crippen LogP contribution >= 0.6 is 0 Å². The number of hydrogen-bond donors (Lipinski definition) is 1. The quantitative estimate of drug-likeness (QED) is 0.919. The van der Waals surface area contributed by atoms with Crippen molar-refractivity contribution in [1.82, 2.24) is 4.31 Å². The van der Waals surface area contributed by atoms with Crippen molar-refractivity contribution in [3.8, 4) is 11.5 Å². The summed E-state index contributed by atoms with van der Waals surface area (Å²) in [6.07, 6.45) is 0. The maximum absolute atomic E-state index is 12.3. The van der Waals surface area contributed by atoms with Gasteiger partial charge in [0.1, 0.15) is 16.4 Å². The maximum Gasteiger partial charge on any atom is 0.246 e. The highest BCUT2D eigenvalue weighted by Crippen LogP contribution is 2.29. The first-order valence-electron chi connectivity index (χ1n) is 6.43. The zero-order valence-electron chi connectivity index (χ0n) is 12.0. The van der Waals surface area contributed by atoms with E-state index in [0.29, 0.717) is 18.0 Å². The van der Waals surface area contributed by atoms with Gasteiger partial charge in [-0.05, 0) is 29.8 Å². The molecule has 2 aromatic rings. The summed E-state index contributed by atoms with van der Waals surface area (Å²) in [4.78, 5) is 0.137. The molecule has 0 aliphatic rings. The van der Waals surface area contributed by atoms with Crippen LogP contribution in [0, 0.1) is 0 Å². The zero-order valence-corrected chi connectivity index (χ0v) is 12.8. The van der Waals surface area contributed by atoms with Gasteiger partial charge in [-0.15, -0.1) is 0 Å². The number of benzene rings is 2. The second-order valence-electron chi connectivity index (χ2n) is 4.68. The van der Waals surface area contributed by atoms with E-state index < -0.39 is 10.0 Å². The Hall–Kier alpha value is -1.89. The maximum atomic E-state index is 12.3. The number of rotatable bonds is 5. The molecule has 0 aliphatic carbocycles. The summed E-state index contributed by atoms with van der Waals surface area (Å²) >= 11 is 0. The van der Waals surface area contributed by atoms with Crippen LogP contribution in [0.5, 0.6) is 11.5 Å². The molecule has 0 aliphatic heterocycles. The summed E-state index contributed by atoms with van der Waals surface area (Å²) in [6, 6.07) is 13.8. The summed E-state index contributed by atoms with van der Waals surface area (Å²) in [7, 11) is -0.576. The molecule has 5 nitrogen and oxygen atoms in total. The number of hydrogen-bond acceptors (Lipinski definition) is 4. The first-order chi connectivity index (χ1) is 9.95. The van der Waals surface area contributed by atoms with Crippen LogP contribution in [0.2, 0.25) is 0 Å². The average Bonchev–Trinajstić information content (AvgIpc) is 2.48. The van der Waals surface area contributed by atoms with Gasteiger partial charge in [0, 0.05) is 20.6 Å². The van der Waals surface area contributed by atoms with Gasteiger partial charge in [0.05, 0.1) is 0 Å². The van der Waals surface area contributed by atoms with E-state index in [1.165, 1.54) is 20.2 Å². The van der Waals surface area contributed by atoms with Crippen LogP contribution in [0.3, 0.4) is 0 Å². The Morgan fingerprint density at radius 3 is 2.24 bits per heavy atom. The van der Waals surface area contributed by atoms with E-state index in [2.05, 4.69) is 0 Å². The number of nitrogens with zero attached hydrogens (tertiary/aromatic N) is 1. The third-order valence-electron chi connectivity index (χ3n) is 2.99. The third kappa shape index (κ3) is 3.41. The predicted molar refractivity (Wildman–Crippen MR) is 81.7 cm³/mol. The highest BCUT2D eigenvalue weighted by molar-refractivity contribution is 7.89. The lowest BCUT2D eigenvalue weighted by Crippen LogP contribution is -2.22. The minimum atomic E-state index is -3.55. The van der Waals surface area contributed by atoms with Gasteiger partial charge in [0.15, 0.2) is 0 Å². The molecule has 0 saturated carbocycles. The van der Waals surface area contributed by atoms with Crippen LogP contribution in [0.25, 0.3) is 0 Å². The molecular weight excluding hydrogens is 288 g/mol. The van der Waals surface area contributed by atoms with Crippen molar-refractivity contribution in [1.29, 1.82) is 0 Å². The molecule has 2 rings (SSSR count). The highest BCUT2D eigenvalue weighted by Gasteiger charge is 2.22. The predicted octanol–water partition coefficient (Wildman–Crippen LogP) is 2.19. The third-order valence-corrected chi connectivity index (χ3v) is 4.85. The Morgan fingerprint density at radius 1 is 1.05 bits per heavy atom. The second-order valence-corrected chi connectivity index (χ2v) is 6.80. The summed E-state index contributed by atoms with van der Waals surface area (Å²) in [5.41, 5.74) is 6.52. The lowest BCUT2D eigenvalue weighted by atomic mass is 10.2. The van der Waals surface area contributed by atoms with Crippen molar-refractivity contribution in [2.75, 3.05) is 14.1 Å². The molecule has 0 amide bonds. The fraction of sp³-hybridized carbons (Fsp3) is 0.200. The standard InChI is InChI=1S/C15H18N2O3S/c1-17(2)21(18,19)15-6-4-3-5-14(15)20-13-9-7-12(11-16)8-10-13/h3-10H,11,16H2,1-2H3. The average molecular weight is 306 g/mol. The fourth-order valence-electron chi connectivity index (χ4n) is 1.76. The van der Waals surface area contributed by atoms with E-state index in [1.807, 2.05) is 12.1 Å². The minimum Gasteiger partial charge on any atom is -0.456 e. The van der Waals surface area contributed by atoms with Crippen LogP contribution in [0.15, 0.2) is 53.4 Å². The molecular formula is C15H18N2O3S. The molecule has 0 heterocycles. The van der Waals surface area contributed by atoms with Crippen LogP contribution in [-0.4, -0.2) is 26.8 Å². The molecule has 0 aromatic heterocycles. The lowest BCUT2D eigenvalue weighted by molar-refractivity contribution is 0.460. The smallest absolute Gasteiger partial charge is 0.246 e. The second kappa shape index (κ2) is 6.26. The van der Waals surface area contributed by atoms with Crippen molar-refractivity contribution in [2.24, 2.45) is 5.73 Å². The van der Waals surface area contributed by atoms with Gasteiger partial charge in [-0.2, -0.15) is 0 Å². The van der Waals surface area contributed by atoms with Crippen molar-refractivity contribution in [2.45, 2.75) is 11.4 Å². The Balaban J connectivity index is 2.36. The topological polar surface area (TPSA) is 72.6 Å². The van der Waals surface area contributed by atoms with E-state index in [4.69, 9.17) is 10.5 Å². The summed E-state index contributed by atoms with van der Waals surface area (Å²) < 4.78 is 31.4. The molecule has 0 bridgehead atoms. The van der Waals surface area contributed by atoms with E-state index >= 15 is 0 Å². The van der Waals surface area contributed by atoms with E-state index in [0.717, 1.165) is 9.87 Å². The number of para-hydroxylation sites is 1. The van der Waals surface area contributed by atoms with Gasteiger partial charge in [-0.3, -0.25) is 0 Å². The van der Waals surface area contributed by atoms with E-state index in [-0.39, 0.29) is 4.90 Å². The number of sulfonamides is 1. The first kappa shape index (κ1) is 15.5. The normalized spacial score (nSPS) is 11.6. The summed E-state index contributed by atoms with van der Waals surface area (Å²) in [5, 5.41) is 0. The summed E-state index contributed by atoms with van der Waals surface area (Å²) in [6.45, 7) is 0.450. The van der Waals surface area contributed by atoms with E-state index in [1.54, 1.807) is 30.3 Å². The monoisotopic (exact) mass is 306 g/mol. The van der Waals surface area contributed by atoms with Crippen LogP contribution < -0.4 is 10.5 Å². The zero-order chi connectivity index (χ0) is 15.5. The van der Waals surface area contributed by atoms with Crippen LogP contribution in [0.1, 0.15) is 5.56 Å². The van der Waals surface area contributed by atoms with Crippen molar-refractivity contribution in [3.63, 3.8) is 0 Å². The Morgan fingerprint density at radius 2 is 1.67 bits per heavy atom. The van der Waals surface area contributed by atoms with Crippen LogP contribution in [-0.2, 0) is 16.6 Å². The highest BCUT2D eigenvalue weighted by atomic mass is 32.2. The van der Waals surface area contributed by atoms with Gasteiger partial charge in [0.25, 0.3) is 0 Å². The Bertz CT molecular complexity index is 710. The lowest BCUT2D eigenvalue weighted by Gasteiger charge is -2.15. The van der Waals surface area contributed by atoms with Crippen molar-refractivity contribution >= 4 is 10.0 Å². The number of ether oxygens (including phenoxy) is 1. The molecule has 0 atom stereocenters. The van der Waals surface area contributed by atoms with Gasteiger partial charge in [-0.1, -0.05) is 24.3 Å². The minimum absolute atomic E-state index is 0.137. The van der Waals surface area contributed by atoms with Gasteiger partial charge in [-0.25, -0.2) is 12.7 Å². The number of nitrogens with two attached hydrogens (primary N) is 1. The molecule has 21 heavy (non-hydrogen) atoms. The Labute approximate surface area is 125 Å². The molecule has 6 heteroatoms. The molecule has 0 unspecified atom stereocenters. The van der Waals surface area contributed by atoms with Crippen molar-refractivity contribution < 1.29 is 13.2 Å². The van der Waals surface area contributed by atoms with Gasteiger partial charge in [0.2, 0.25) is 10.0 Å². The largest absolute Gasteiger partial charge is 0.456 e. The molecule has 0 radical (unpaired) electrons. The molecule has 2 N–H and O–H groups in total. The molecule has 0 spiro atoms. The van der Waals surface area contributed by atoms with Crippen molar-refractivity contribution in [3.05, 3.63) is 54.1 Å².